The van der Waals surface area contributed by atoms with Crippen LogP contribution in [0.3, 0.4) is 0 Å². The maximum absolute atomic E-state index is 14.9. The van der Waals surface area contributed by atoms with Crippen molar-refractivity contribution in [1.29, 1.82) is 0 Å². The molecule has 7 aromatic heterocycles. The Kier molecular flexibility index (Phi) is 9.18. The quantitative estimate of drug-likeness (QED) is 0.176. The Labute approximate surface area is 344 Å². The van der Waals surface area contributed by atoms with E-state index in [0.717, 1.165) is 60.4 Å². The zero-order valence-electron chi connectivity index (χ0n) is 33.4. The Hall–Kier alpha value is -5.83. The number of imidazole rings is 1. The highest BCUT2D eigenvalue weighted by atomic mass is 35.5. The number of anilines is 2. The van der Waals surface area contributed by atoms with Crippen LogP contribution < -0.4 is 15.1 Å². The number of hydrogen-bond donors (Lipinski definition) is 1. The smallest absolute Gasteiger partial charge is 0.173 e. The minimum atomic E-state index is -0.405. The fraction of sp³-hybridized carbons (Fsp3) is 0.318. The van der Waals surface area contributed by atoms with Crippen molar-refractivity contribution in [3.8, 4) is 22.5 Å². The van der Waals surface area contributed by atoms with Gasteiger partial charge in [-0.25, -0.2) is 33.7 Å². The van der Waals surface area contributed by atoms with Crippen molar-refractivity contribution in [3.05, 3.63) is 102 Å². The molecule has 12 nitrogen and oxygen atoms in total. The van der Waals surface area contributed by atoms with Gasteiger partial charge in [0.25, 0.3) is 0 Å². The average Bonchev–Trinajstić information content (AvgIpc) is 3.93. The Morgan fingerprint density at radius 2 is 1.56 bits per heavy atom. The number of likely N-dealkylation sites (N-methyl/N-ethyl adjacent to an activating group) is 1. The second kappa shape index (κ2) is 14.5. The van der Waals surface area contributed by atoms with E-state index in [2.05, 4.69) is 63.3 Å². The van der Waals surface area contributed by atoms with Gasteiger partial charge in [-0.05, 0) is 88.8 Å². The van der Waals surface area contributed by atoms with Crippen LogP contribution in [0.15, 0.2) is 79.5 Å². The predicted molar refractivity (Wildman–Crippen MR) is 229 cm³/mol. The van der Waals surface area contributed by atoms with Crippen molar-refractivity contribution in [2.75, 3.05) is 50.1 Å². The first-order valence-electron chi connectivity index (χ1n) is 19.9. The summed E-state index contributed by atoms with van der Waals surface area (Å²) in [6, 6.07) is 15.6. The highest BCUT2D eigenvalue weighted by molar-refractivity contribution is 6.35. The van der Waals surface area contributed by atoms with Gasteiger partial charge in [0.05, 0.1) is 45.9 Å². The number of rotatable bonds is 7. The van der Waals surface area contributed by atoms with Crippen LogP contribution in [-0.4, -0.2) is 102 Å². The van der Waals surface area contributed by atoms with Gasteiger partial charge in [0.2, 0.25) is 0 Å². The molecular formula is C44H43ClF2N12. The van der Waals surface area contributed by atoms with E-state index in [1.807, 2.05) is 49.9 Å². The van der Waals surface area contributed by atoms with Crippen LogP contribution in [0.4, 0.5) is 20.2 Å². The summed E-state index contributed by atoms with van der Waals surface area (Å²) in [5, 5.41) is 11.0. The lowest BCUT2D eigenvalue weighted by Gasteiger charge is -2.40. The molecule has 2 fully saturated rings. The van der Waals surface area contributed by atoms with E-state index in [-0.39, 0.29) is 17.9 Å². The molecule has 15 heteroatoms. The van der Waals surface area contributed by atoms with Crippen LogP contribution in [0.1, 0.15) is 19.0 Å². The molecule has 3 unspecified atom stereocenters. The Bertz CT molecular complexity index is 2930. The van der Waals surface area contributed by atoms with Crippen molar-refractivity contribution in [2.24, 2.45) is 13.0 Å². The monoisotopic (exact) mass is 812 g/mol. The summed E-state index contributed by atoms with van der Waals surface area (Å²) < 4.78 is 33.1. The lowest BCUT2D eigenvalue weighted by Crippen LogP contribution is -2.56. The van der Waals surface area contributed by atoms with Crippen molar-refractivity contribution < 1.29 is 8.78 Å². The van der Waals surface area contributed by atoms with E-state index >= 15 is 0 Å². The van der Waals surface area contributed by atoms with Crippen LogP contribution in [0.2, 0.25) is 5.02 Å². The Morgan fingerprint density at radius 3 is 2.39 bits per heavy atom. The number of halogens is 3. The van der Waals surface area contributed by atoms with Gasteiger partial charge >= 0.3 is 0 Å². The summed E-state index contributed by atoms with van der Waals surface area (Å²) in [5.74, 6) is -0.395. The molecule has 2 aliphatic heterocycles. The largest absolute Gasteiger partial charge is 0.368 e. The summed E-state index contributed by atoms with van der Waals surface area (Å²) in [5.41, 5.74) is 7.07. The zero-order valence-corrected chi connectivity index (χ0v) is 34.2. The van der Waals surface area contributed by atoms with Crippen molar-refractivity contribution in [2.45, 2.75) is 38.4 Å². The highest BCUT2D eigenvalue weighted by Crippen LogP contribution is 2.35. The third-order valence-electron chi connectivity index (χ3n) is 11.9. The Balaban J connectivity index is 0.853. The second-order valence-electron chi connectivity index (χ2n) is 16.5. The summed E-state index contributed by atoms with van der Waals surface area (Å²) in [4.78, 5) is 30.6. The molecular weight excluding hydrogens is 770 g/mol. The van der Waals surface area contributed by atoms with E-state index in [1.165, 1.54) is 12.1 Å². The molecule has 0 amide bonds. The molecule has 0 bridgehead atoms. The molecule has 2 aliphatic rings. The number of nitrogens with one attached hydrogen (secondary N) is 1. The first kappa shape index (κ1) is 37.4. The van der Waals surface area contributed by atoms with Crippen LogP contribution in [0, 0.1) is 24.5 Å². The van der Waals surface area contributed by atoms with E-state index < -0.39 is 5.82 Å². The number of fused-ring (bicyclic) bond motifs is 4. The summed E-state index contributed by atoms with van der Waals surface area (Å²) >= 11 is 6.90. The van der Waals surface area contributed by atoms with Crippen LogP contribution >= 0.6 is 11.6 Å². The number of benzene rings is 1. The second-order valence-corrected chi connectivity index (χ2v) is 16.9. The first-order valence-corrected chi connectivity index (χ1v) is 20.2. The van der Waals surface area contributed by atoms with Crippen LogP contribution in [-0.2, 0) is 7.05 Å². The third-order valence-corrected chi connectivity index (χ3v) is 12.2. The molecule has 1 aromatic carbocycles. The lowest BCUT2D eigenvalue weighted by molar-refractivity contribution is 0.223. The normalized spacial score (nSPS) is 20.0. The Morgan fingerprint density at radius 1 is 0.797 bits per heavy atom. The molecule has 9 heterocycles. The average molecular weight is 813 g/mol. The fourth-order valence-corrected chi connectivity index (χ4v) is 9.41. The van der Waals surface area contributed by atoms with E-state index in [0.29, 0.717) is 67.3 Å². The molecule has 300 valence electrons. The molecule has 8 aromatic rings. The number of aryl methyl sites for hydroxylation is 2. The van der Waals surface area contributed by atoms with Crippen molar-refractivity contribution >= 4 is 61.6 Å². The lowest BCUT2D eigenvalue weighted by atomic mass is 9.92. The number of hydrogen-bond acceptors (Lipinski definition) is 10. The van der Waals surface area contributed by atoms with Crippen LogP contribution in [0.5, 0.6) is 0 Å². The molecule has 4 atom stereocenters. The number of pyridine rings is 5. The first-order chi connectivity index (χ1) is 28.4. The minimum Gasteiger partial charge on any atom is -0.368 e. The molecule has 0 aliphatic carbocycles. The predicted octanol–water partition coefficient (Wildman–Crippen LogP) is 7.30. The van der Waals surface area contributed by atoms with Gasteiger partial charge in [0.1, 0.15) is 5.52 Å². The number of piperazine rings is 1. The van der Waals surface area contributed by atoms with Gasteiger partial charge in [-0.3, -0.25) is 4.68 Å². The van der Waals surface area contributed by atoms with Gasteiger partial charge in [-0.2, -0.15) is 5.10 Å². The zero-order chi connectivity index (χ0) is 40.7. The van der Waals surface area contributed by atoms with E-state index in [9.17, 15) is 8.78 Å². The molecule has 2 saturated heterocycles. The number of nitrogens with zero attached hydrogens (tertiary/aromatic N) is 11. The van der Waals surface area contributed by atoms with Gasteiger partial charge in [0.15, 0.2) is 28.6 Å². The maximum atomic E-state index is 14.9. The van der Waals surface area contributed by atoms with Gasteiger partial charge in [-0.15, -0.1) is 0 Å². The topological polar surface area (TPSA) is 108 Å². The van der Waals surface area contributed by atoms with Gasteiger partial charge in [0, 0.05) is 97.2 Å². The fourth-order valence-electron chi connectivity index (χ4n) is 9.17. The third kappa shape index (κ3) is 6.98. The van der Waals surface area contributed by atoms with E-state index in [1.54, 1.807) is 28.4 Å². The van der Waals surface area contributed by atoms with Crippen molar-refractivity contribution in [3.63, 3.8) is 0 Å². The molecule has 0 radical (unpaired) electrons. The standard InChI is InChI=1S/C44H43ClF2N12/c1-24-17-57(32-10-26-6-7-38(52-42(26)48-15-32)28-12-37(47)44-51-25(2)18-59(44)20-28)22-31(50-24)9-29-21-58(23-40(29)55(3)4)33-13-34-35(45)14-39(53-43(34)49-16-33)27-8-30-19-56(5)54-41(30)36(46)11-27/h6-8,10-16,18-20,24,29,31,40,50H,9,17,21-23H2,1-5H3/t24?,29?,31?,40-/m0/s1. The number of aromatic nitrogens is 8. The summed E-state index contributed by atoms with van der Waals surface area (Å²) in [7, 11) is 6.09. The molecule has 59 heavy (non-hydrogen) atoms. The van der Waals surface area contributed by atoms with Gasteiger partial charge in [-0.1, -0.05) is 11.6 Å². The molecule has 0 spiro atoms. The molecule has 10 rings (SSSR count). The summed E-state index contributed by atoms with van der Waals surface area (Å²) in [6.07, 6.45) is 10.2. The summed E-state index contributed by atoms with van der Waals surface area (Å²) in [6.45, 7) is 7.53. The maximum Gasteiger partial charge on any atom is 0.173 e. The SMILES string of the molecule is Cc1cn2cc(-c3ccc4cc(N5CC(C)NC(CC6CN(c7cnc8nc(-c9cc(F)c%10nn(C)cc%10c9)cc(Cl)c8c7)C[C@@H]6N(C)C)C5)cnc4n3)cc(F)c2n1. The molecule has 1 N–H and O–H groups in total. The minimum absolute atomic E-state index is 0.265. The van der Waals surface area contributed by atoms with Gasteiger partial charge < -0.3 is 24.4 Å². The van der Waals surface area contributed by atoms with Crippen molar-refractivity contribution in [1.82, 2.24) is 49.3 Å². The highest BCUT2D eigenvalue weighted by Gasteiger charge is 2.37. The van der Waals surface area contributed by atoms with Crippen LogP contribution in [0.25, 0.3) is 61.1 Å². The molecule has 0 saturated carbocycles. The van der Waals surface area contributed by atoms with E-state index in [4.69, 9.17) is 31.5 Å².